The van der Waals surface area contributed by atoms with Crippen LogP contribution in [0.2, 0.25) is 0 Å². The number of anilines is 1. The standard InChI is InChI=1S/C16H15NO3S/c1-10-8-21-9-13(10)15(18)17-7-3-5-11-12(16(19)20)4-2-6-14(11)17/h2,4,6,8-9H,3,5,7H2,1H3,(H,19,20). The number of fused-ring (bicyclic) bond motifs is 1. The molecule has 0 radical (unpaired) electrons. The van der Waals surface area contributed by atoms with Crippen molar-refractivity contribution in [2.45, 2.75) is 19.8 Å². The summed E-state index contributed by atoms with van der Waals surface area (Å²) in [6.45, 7) is 2.55. The number of nitrogens with zero attached hydrogens (tertiary/aromatic N) is 1. The molecular formula is C16H15NO3S. The average molecular weight is 301 g/mol. The van der Waals surface area contributed by atoms with E-state index in [0.29, 0.717) is 24.1 Å². The fraction of sp³-hybridized carbons (Fsp3) is 0.250. The van der Waals surface area contributed by atoms with E-state index in [1.54, 1.807) is 17.0 Å². The van der Waals surface area contributed by atoms with Gasteiger partial charge in [0.2, 0.25) is 0 Å². The van der Waals surface area contributed by atoms with Gasteiger partial charge in [-0.15, -0.1) is 0 Å². The Labute approximate surface area is 126 Å². The number of hydrogen-bond donors (Lipinski definition) is 1. The van der Waals surface area contributed by atoms with Crippen LogP contribution in [0.15, 0.2) is 29.0 Å². The Kier molecular flexibility index (Phi) is 3.51. The zero-order chi connectivity index (χ0) is 15.0. The molecule has 2 heterocycles. The topological polar surface area (TPSA) is 57.6 Å². The minimum atomic E-state index is -0.937. The molecule has 2 aromatic rings. The first-order valence-corrected chi connectivity index (χ1v) is 7.73. The van der Waals surface area contributed by atoms with Crippen LogP contribution >= 0.6 is 11.3 Å². The monoisotopic (exact) mass is 301 g/mol. The van der Waals surface area contributed by atoms with Crippen LogP contribution in [0.25, 0.3) is 0 Å². The number of aromatic carboxylic acids is 1. The molecule has 0 atom stereocenters. The number of rotatable bonds is 2. The molecule has 1 N–H and O–H groups in total. The van der Waals surface area contributed by atoms with E-state index in [4.69, 9.17) is 0 Å². The predicted molar refractivity (Wildman–Crippen MR) is 82.5 cm³/mol. The van der Waals surface area contributed by atoms with Crippen molar-refractivity contribution in [3.05, 3.63) is 51.2 Å². The number of aryl methyl sites for hydroxylation is 1. The molecule has 0 fully saturated rings. The maximum Gasteiger partial charge on any atom is 0.336 e. The van der Waals surface area contributed by atoms with Gasteiger partial charge in [-0.3, -0.25) is 4.79 Å². The summed E-state index contributed by atoms with van der Waals surface area (Å²) in [5.41, 5.74) is 3.46. The number of amides is 1. The van der Waals surface area contributed by atoms with E-state index in [1.807, 2.05) is 23.8 Å². The largest absolute Gasteiger partial charge is 0.478 e. The quantitative estimate of drug-likeness (QED) is 0.925. The minimum absolute atomic E-state index is 0.0442. The number of carboxylic acids is 1. The highest BCUT2D eigenvalue weighted by Gasteiger charge is 2.27. The Morgan fingerprint density at radius 2 is 2.05 bits per heavy atom. The van der Waals surface area contributed by atoms with Crippen LogP contribution in [-0.4, -0.2) is 23.5 Å². The summed E-state index contributed by atoms with van der Waals surface area (Å²) in [5, 5.41) is 13.1. The number of carbonyl (C=O) groups excluding carboxylic acids is 1. The highest BCUT2D eigenvalue weighted by Crippen LogP contribution is 2.31. The second-order valence-electron chi connectivity index (χ2n) is 5.14. The van der Waals surface area contributed by atoms with Gasteiger partial charge in [0.05, 0.1) is 11.1 Å². The lowest BCUT2D eigenvalue weighted by Crippen LogP contribution is -2.36. The number of carbonyl (C=O) groups is 2. The molecule has 108 valence electrons. The van der Waals surface area contributed by atoms with Crippen molar-refractivity contribution in [3.8, 4) is 0 Å². The first-order valence-electron chi connectivity index (χ1n) is 6.79. The minimum Gasteiger partial charge on any atom is -0.478 e. The van der Waals surface area contributed by atoms with E-state index >= 15 is 0 Å². The van der Waals surface area contributed by atoms with Crippen LogP contribution < -0.4 is 4.90 Å². The van der Waals surface area contributed by atoms with Crippen molar-refractivity contribution in [1.82, 2.24) is 0 Å². The number of thiophene rings is 1. The van der Waals surface area contributed by atoms with E-state index in [9.17, 15) is 14.7 Å². The average Bonchev–Trinajstić information content (AvgIpc) is 2.91. The van der Waals surface area contributed by atoms with E-state index in [-0.39, 0.29) is 5.91 Å². The third-order valence-electron chi connectivity index (χ3n) is 3.81. The summed E-state index contributed by atoms with van der Waals surface area (Å²) in [6, 6.07) is 5.14. The van der Waals surface area contributed by atoms with Gasteiger partial charge in [0.1, 0.15) is 0 Å². The Hall–Kier alpha value is -2.14. The maximum atomic E-state index is 12.7. The maximum absolute atomic E-state index is 12.7. The number of carboxylic acid groups (broad SMARTS) is 1. The highest BCUT2D eigenvalue weighted by molar-refractivity contribution is 7.08. The zero-order valence-corrected chi connectivity index (χ0v) is 12.4. The molecule has 5 heteroatoms. The third kappa shape index (κ3) is 2.34. The molecule has 0 unspecified atom stereocenters. The summed E-state index contributed by atoms with van der Waals surface area (Å²) in [6.07, 6.45) is 1.48. The summed E-state index contributed by atoms with van der Waals surface area (Å²) < 4.78 is 0. The van der Waals surface area contributed by atoms with E-state index in [0.717, 1.165) is 23.2 Å². The van der Waals surface area contributed by atoms with Gasteiger partial charge in [-0.05, 0) is 48.4 Å². The van der Waals surface area contributed by atoms with Crippen molar-refractivity contribution in [1.29, 1.82) is 0 Å². The van der Waals surface area contributed by atoms with Crippen LogP contribution in [0.5, 0.6) is 0 Å². The van der Waals surface area contributed by atoms with Crippen LogP contribution in [-0.2, 0) is 6.42 Å². The lowest BCUT2D eigenvalue weighted by Gasteiger charge is -2.30. The molecule has 1 amide bonds. The Morgan fingerprint density at radius 3 is 2.71 bits per heavy atom. The van der Waals surface area contributed by atoms with Crippen LogP contribution in [0, 0.1) is 6.92 Å². The van der Waals surface area contributed by atoms with Gasteiger partial charge in [-0.25, -0.2) is 4.79 Å². The summed E-state index contributed by atoms with van der Waals surface area (Å²) in [5.74, 6) is -0.981. The van der Waals surface area contributed by atoms with Gasteiger partial charge >= 0.3 is 5.97 Å². The van der Waals surface area contributed by atoms with E-state index in [2.05, 4.69) is 0 Å². The molecule has 3 rings (SSSR count). The molecule has 1 aliphatic heterocycles. The summed E-state index contributed by atoms with van der Waals surface area (Å²) in [4.78, 5) is 25.7. The second kappa shape index (κ2) is 5.33. The van der Waals surface area contributed by atoms with Crippen LogP contribution in [0.4, 0.5) is 5.69 Å². The first kappa shape index (κ1) is 13.8. The van der Waals surface area contributed by atoms with Gasteiger partial charge in [0, 0.05) is 17.6 Å². The van der Waals surface area contributed by atoms with Gasteiger partial charge in [0.25, 0.3) is 5.91 Å². The summed E-state index contributed by atoms with van der Waals surface area (Å²) >= 11 is 1.51. The molecule has 1 aromatic heterocycles. The van der Waals surface area contributed by atoms with E-state index < -0.39 is 5.97 Å². The SMILES string of the molecule is Cc1cscc1C(=O)N1CCCc2c(C(=O)O)cccc21. The van der Waals surface area contributed by atoms with Crippen LogP contribution in [0.3, 0.4) is 0 Å². The molecule has 0 spiro atoms. The Morgan fingerprint density at radius 1 is 1.24 bits per heavy atom. The fourth-order valence-electron chi connectivity index (χ4n) is 2.76. The molecule has 0 saturated heterocycles. The van der Waals surface area contributed by atoms with Crippen molar-refractivity contribution in [2.24, 2.45) is 0 Å². The molecule has 4 nitrogen and oxygen atoms in total. The van der Waals surface area contributed by atoms with Crippen molar-refractivity contribution in [3.63, 3.8) is 0 Å². The second-order valence-corrected chi connectivity index (χ2v) is 5.88. The highest BCUT2D eigenvalue weighted by atomic mass is 32.1. The van der Waals surface area contributed by atoms with Crippen molar-refractivity contribution >= 4 is 28.9 Å². The van der Waals surface area contributed by atoms with Crippen molar-refractivity contribution in [2.75, 3.05) is 11.4 Å². The van der Waals surface area contributed by atoms with E-state index in [1.165, 1.54) is 11.3 Å². The van der Waals surface area contributed by atoms with Gasteiger partial charge < -0.3 is 10.0 Å². The molecule has 0 bridgehead atoms. The molecule has 0 aliphatic carbocycles. The Balaban J connectivity index is 2.05. The normalized spacial score (nSPS) is 13.9. The lowest BCUT2D eigenvalue weighted by atomic mass is 9.95. The zero-order valence-electron chi connectivity index (χ0n) is 11.6. The van der Waals surface area contributed by atoms with Gasteiger partial charge in [0.15, 0.2) is 0 Å². The third-order valence-corrected chi connectivity index (χ3v) is 4.67. The smallest absolute Gasteiger partial charge is 0.336 e. The predicted octanol–water partition coefficient (Wildman–Crippen LogP) is 3.35. The lowest BCUT2D eigenvalue weighted by molar-refractivity contribution is 0.0695. The molecule has 1 aliphatic rings. The van der Waals surface area contributed by atoms with Crippen LogP contribution in [0.1, 0.15) is 38.3 Å². The van der Waals surface area contributed by atoms with Gasteiger partial charge in [-0.2, -0.15) is 11.3 Å². The molecule has 21 heavy (non-hydrogen) atoms. The van der Waals surface area contributed by atoms with Crippen molar-refractivity contribution < 1.29 is 14.7 Å². The molecule has 0 saturated carbocycles. The molecular weight excluding hydrogens is 286 g/mol. The number of hydrogen-bond acceptors (Lipinski definition) is 3. The number of benzene rings is 1. The van der Waals surface area contributed by atoms with Gasteiger partial charge in [-0.1, -0.05) is 6.07 Å². The fourth-order valence-corrected chi connectivity index (χ4v) is 3.58. The summed E-state index contributed by atoms with van der Waals surface area (Å²) in [7, 11) is 0. The molecule has 1 aromatic carbocycles. The first-order chi connectivity index (χ1) is 10.1. The Bertz CT molecular complexity index is 720.